The number of carbonyl (C=O) groups is 1. The molecule has 0 bridgehead atoms. The molecule has 2 aromatic rings. The zero-order valence-electron chi connectivity index (χ0n) is 10.6. The highest BCUT2D eigenvalue weighted by Gasteiger charge is 2.19. The summed E-state index contributed by atoms with van der Waals surface area (Å²) >= 11 is 4.89. The molecule has 4 nitrogen and oxygen atoms in total. The van der Waals surface area contributed by atoms with Gasteiger partial charge in [-0.25, -0.2) is 0 Å². The van der Waals surface area contributed by atoms with Crippen LogP contribution in [0.2, 0.25) is 0 Å². The lowest BCUT2D eigenvalue weighted by Gasteiger charge is -2.13. The number of benzene rings is 1. The van der Waals surface area contributed by atoms with Crippen LogP contribution in [-0.4, -0.2) is 15.9 Å². The van der Waals surface area contributed by atoms with Gasteiger partial charge in [0.1, 0.15) is 0 Å². The number of thiocarbonyl (C=S) groups is 1. The molecular weight excluding hydrogens is 258 g/mol. The van der Waals surface area contributed by atoms with Crippen LogP contribution in [-0.2, 0) is 4.79 Å². The minimum absolute atomic E-state index is 0.188. The number of carbonyl (C=O) groups excluding carboxylic acids is 1. The lowest BCUT2D eigenvalue weighted by atomic mass is 10.1. The van der Waals surface area contributed by atoms with E-state index in [9.17, 15) is 4.79 Å². The molecule has 0 saturated carbocycles. The molecule has 0 aliphatic heterocycles. The van der Waals surface area contributed by atoms with E-state index in [0.29, 0.717) is 12.1 Å². The number of hydrogen-bond donors (Lipinski definition) is 2. The van der Waals surface area contributed by atoms with Crippen LogP contribution < -0.4 is 11.1 Å². The number of nitrogens with two attached hydrogens (primary N) is 1. The first-order valence-electron chi connectivity index (χ1n) is 6.06. The third-order valence-electron chi connectivity index (χ3n) is 2.93. The van der Waals surface area contributed by atoms with Gasteiger partial charge < -0.3 is 11.1 Å². The summed E-state index contributed by atoms with van der Waals surface area (Å²) in [5, 5.41) is 3.77. The van der Waals surface area contributed by atoms with Crippen molar-refractivity contribution >= 4 is 39.7 Å². The lowest BCUT2D eigenvalue weighted by molar-refractivity contribution is -0.118. The Hall–Kier alpha value is -2.01. The van der Waals surface area contributed by atoms with Gasteiger partial charge in [0.15, 0.2) is 0 Å². The molecule has 0 saturated heterocycles. The van der Waals surface area contributed by atoms with Crippen molar-refractivity contribution in [1.29, 1.82) is 0 Å². The average molecular weight is 273 g/mol. The molecule has 0 aliphatic rings. The van der Waals surface area contributed by atoms with Gasteiger partial charge in [0.25, 0.3) is 0 Å². The van der Waals surface area contributed by atoms with Crippen LogP contribution >= 0.6 is 12.2 Å². The quantitative estimate of drug-likeness (QED) is 0.840. The first-order chi connectivity index (χ1) is 9.11. The van der Waals surface area contributed by atoms with Crippen molar-refractivity contribution in [3.05, 3.63) is 36.5 Å². The summed E-state index contributed by atoms with van der Waals surface area (Å²) < 4.78 is 0. The number of hydrogen-bond acceptors (Lipinski definition) is 3. The van der Waals surface area contributed by atoms with E-state index in [1.54, 1.807) is 6.20 Å². The van der Waals surface area contributed by atoms with E-state index in [1.807, 2.05) is 37.3 Å². The van der Waals surface area contributed by atoms with Gasteiger partial charge >= 0.3 is 0 Å². The van der Waals surface area contributed by atoms with Crippen molar-refractivity contribution in [2.45, 2.75) is 13.3 Å². The normalized spacial score (nSPS) is 12.1. The van der Waals surface area contributed by atoms with Gasteiger partial charge in [-0.05, 0) is 18.6 Å². The summed E-state index contributed by atoms with van der Waals surface area (Å²) in [6.07, 6.45) is 2.22. The molecule has 0 aliphatic carbocycles. The smallest absolute Gasteiger partial charge is 0.234 e. The van der Waals surface area contributed by atoms with Crippen LogP contribution in [0.5, 0.6) is 0 Å². The number of pyridine rings is 1. The maximum Gasteiger partial charge on any atom is 0.234 e. The van der Waals surface area contributed by atoms with Gasteiger partial charge in [-0.3, -0.25) is 9.78 Å². The predicted molar refractivity (Wildman–Crippen MR) is 80.9 cm³/mol. The molecule has 1 aromatic heterocycles. The predicted octanol–water partition coefficient (Wildman–Crippen LogP) is 2.49. The summed E-state index contributed by atoms with van der Waals surface area (Å²) in [4.78, 5) is 16.5. The zero-order valence-corrected chi connectivity index (χ0v) is 11.4. The monoisotopic (exact) mass is 273 g/mol. The van der Waals surface area contributed by atoms with Crippen molar-refractivity contribution in [2.75, 3.05) is 5.32 Å². The molecule has 98 valence electrons. The Morgan fingerprint density at radius 1 is 1.47 bits per heavy atom. The fraction of sp³-hybridized carbons (Fsp3) is 0.214. The van der Waals surface area contributed by atoms with Crippen LogP contribution in [0, 0.1) is 5.92 Å². The molecular formula is C14H15N3OS. The number of amides is 1. The molecule has 0 fully saturated rings. The van der Waals surface area contributed by atoms with Crippen LogP contribution in [0.4, 0.5) is 5.69 Å². The number of rotatable bonds is 4. The molecule has 1 heterocycles. The van der Waals surface area contributed by atoms with E-state index < -0.39 is 5.92 Å². The van der Waals surface area contributed by atoms with Gasteiger partial charge in [0.05, 0.1) is 28.3 Å². The summed E-state index contributed by atoms with van der Waals surface area (Å²) in [6, 6.07) is 9.60. The Bertz CT molecular complexity index is 627. The highest BCUT2D eigenvalue weighted by atomic mass is 32.1. The van der Waals surface area contributed by atoms with Crippen molar-refractivity contribution in [1.82, 2.24) is 4.98 Å². The molecule has 1 amide bonds. The van der Waals surface area contributed by atoms with E-state index >= 15 is 0 Å². The van der Waals surface area contributed by atoms with Crippen molar-refractivity contribution < 1.29 is 4.79 Å². The molecule has 1 unspecified atom stereocenters. The summed E-state index contributed by atoms with van der Waals surface area (Å²) in [5.74, 6) is -0.631. The Morgan fingerprint density at radius 3 is 2.89 bits per heavy atom. The molecule has 1 aromatic carbocycles. The van der Waals surface area contributed by atoms with E-state index in [-0.39, 0.29) is 10.9 Å². The molecule has 0 radical (unpaired) electrons. The van der Waals surface area contributed by atoms with Crippen molar-refractivity contribution in [3.63, 3.8) is 0 Å². The van der Waals surface area contributed by atoms with Crippen LogP contribution in [0.15, 0.2) is 36.5 Å². The minimum Gasteiger partial charge on any atom is -0.393 e. The van der Waals surface area contributed by atoms with Gasteiger partial charge in [-0.1, -0.05) is 37.3 Å². The lowest BCUT2D eigenvalue weighted by Crippen LogP contribution is -2.32. The van der Waals surface area contributed by atoms with Crippen LogP contribution in [0.1, 0.15) is 13.3 Å². The molecule has 2 rings (SSSR count). The standard InChI is InChI=1S/C14H15N3OS/c1-2-11(13(15)19)14(18)17-10-7-9-5-3-4-6-12(9)16-8-10/h3-8,11H,2H2,1H3,(H2,15,19)(H,17,18). The molecule has 19 heavy (non-hydrogen) atoms. The van der Waals surface area contributed by atoms with E-state index in [4.69, 9.17) is 18.0 Å². The molecule has 5 heteroatoms. The first kappa shape index (κ1) is 13.4. The number of nitrogens with zero attached hydrogens (tertiary/aromatic N) is 1. The second-order valence-corrected chi connectivity index (χ2v) is 4.74. The van der Waals surface area contributed by atoms with Gasteiger partial charge in [-0.15, -0.1) is 0 Å². The summed E-state index contributed by atoms with van der Waals surface area (Å²) in [5.41, 5.74) is 7.09. The van der Waals surface area contributed by atoms with Crippen LogP contribution in [0.25, 0.3) is 10.9 Å². The highest BCUT2D eigenvalue weighted by Crippen LogP contribution is 2.17. The Labute approximate surface area is 117 Å². The maximum absolute atomic E-state index is 12.0. The van der Waals surface area contributed by atoms with E-state index in [2.05, 4.69) is 10.3 Å². The van der Waals surface area contributed by atoms with Crippen molar-refractivity contribution in [3.8, 4) is 0 Å². The number of fused-ring (bicyclic) bond motifs is 1. The largest absolute Gasteiger partial charge is 0.393 e. The highest BCUT2D eigenvalue weighted by molar-refractivity contribution is 7.80. The zero-order chi connectivity index (χ0) is 13.8. The van der Waals surface area contributed by atoms with Crippen LogP contribution in [0.3, 0.4) is 0 Å². The Morgan fingerprint density at radius 2 is 2.21 bits per heavy atom. The van der Waals surface area contributed by atoms with E-state index in [0.717, 1.165) is 10.9 Å². The number of para-hydroxylation sites is 1. The molecule has 0 spiro atoms. The Balaban J connectivity index is 2.21. The fourth-order valence-electron chi connectivity index (χ4n) is 1.88. The van der Waals surface area contributed by atoms with Crippen molar-refractivity contribution in [2.24, 2.45) is 11.7 Å². The fourth-order valence-corrected chi connectivity index (χ4v) is 2.16. The van der Waals surface area contributed by atoms with E-state index in [1.165, 1.54) is 0 Å². The first-order valence-corrected chi connectivity index (χ1v) is 6.47. The average Bonchev–Trinajstić information content (AvgIpc) is 2.39. The number of aromatic nitrogens is 1. The topological polar surface area (TPSA) is 68.0 Å². The second-order valence-electron chi connectivity index (χ2n) is 4.27. The Kier molecular flexibility index (Phi) is 4.06. The summed E-state index contributed by atoms with van der Waals surface area (Å²) in [6.45, 7) is 1.88. The third-order valence-corrected chi connectivity index (χ3v) is 3.21. The maximum atomic E-state index is 12.0. The second kappa shape index (κ2) is 5.75. The SMILES string of the molecule is CCC(C(=O)Nc1cnc2ccccc2c1)C(N)=S. The van der Waals surface area contributed by atoms with Gasteiger partial charge in [-0.2, -0.15) is 0 Å². The molecule has 3 N–H and O–H groups in total. The van der Waals surface area contributed by atoms with Gasteiger partial charge in [0.2, 0.25) is 5.91 Å². The summed E-state index contributed by atoms with van der Waals surface area (Å²) in [7, 11) is 0. The van der Waals surface area contributed by atoms with Gasteiger partial charge in [0, 0.05) is 5.39 Å². The third kappa shape index (κ3) is 3.06. The minimum atomic E-state index is -0.443. The number of anilines is 1. The number of nitrogens with one attached hydrogen (secondary N) is 1. The molecule has 1 atom stereocenters.